The number of nitrogens with zero attached hydrogens (tertiary/aromatic N) is 2. The smallest absolute Gasteiger partial charge is 0.220 e. The zero-order chi connectivity index (χ0) is 8.10. The van der Waals surface area contributed by atoms with Crippen LogP contribution in [0.5, 0.6) is 0 Å². The van der Waals surface area contributed by atoms with Gasteiger partial charge in [-0.2, -0.15) is 0 Å². The van der Waals surface area contributed by atoms with Gasteiger partial charge in [-0.15, -0.1) is 0 Å². The summed E-state index contributed by atoms with van der Waals surface area (Å²) in [5.41, 5.74) is 0.470. The van der Waals surface area contributed by atoms with E-state index in [0.29, 0.717) is 18.5 Å². The first kappa shape index (κ1) is 7.40. The Morgan fingerprint density at radius 1 is 1.36 bits per heavy atom. The number of pyridine rings is 1. The average Bonchev–Trinajstić information content (AvgIpc) is 2.09. The summed E-state index contributed by atoms with van der Waals surface area (Å²) in [6, 6.07) is 3.27. The van der Waals surface area contributed by atoms with Crippen LogP contribution in [-0.2, 0) is 9.59 Å². The summed E-state index contributed by atoms with van der Waals surface area (Å²) >= 11 is 0. The van der Waals surface area contributed by atoms with E-state index in [2.05, 4.69) is 4.98 Å². The second kappa shape index (κ2) is 3.46. The fraction of sp³-hybridized carbons (Fsp3) is 0. The molecule has 0 N–H and O–H groups in total. The molecule has 0 saturated heterocycles. The van der Waals surface area contributed by atoms with Gasteiger partial charge >= 0.3 is 0 Å². The molecule has 0 aliphatic rings. The maximum absolute atomic E-state index is 10.2. The molecule has 0 fully saturated rings. The molecule has 0 atom stereocenters. The van der Waals surface area contributed by atoms with Crippen molar-refractivity contribution in [1.82, 2.24) is 4.98 Å². The van der Waals surface area contributed by atoms with Crippen molar-refractivity contribution in [2.75, 3.05) is 4.90 Å². The number of anilines is 1. The van der Waals surface area contributed by atoms with Crippen LogP contribution in [0.15, 0.2) is 24.5 Å². The first-order chi connectivity index (χ1) is 5.38. The monoisotopic (exact) mass is 150 g/mol. The number of aromatic nitrogens is 1. The zero-order valence-corrected chi connectivity index (χ0v) is 5.68. The van der Waals surface area contributed by atoms with E-state index in [0.717, 1.165) is 4.90 Å². The van der Waals surface area contributed by atoms with Crippen LogP contribution in [0.2, 0.25) is 0 Å². The summed E-state index contributed by atoms with van der Waals surface area (Å²) < 4.78 is 0. The Bertz CT molecular complexity index is 240. The fourth-order valence-corrected chi connectivity index (χ4v) is 0.653. The summed E-state index contributed by atoms with van der Waals surface area (Å²) in [6.07, 6.45) is 3.87. The van der Waals surface area contributed by atoms with Gasteiger partial charge in [-0.1, -0.05) is 0 Å². The lowest BCUT2D eigenvalue weighted by Gasteiger charge is -2.05. The number of imide groups is 1. The minimum absolute atomic E-state index is 0.435. The van der Waals surface area contributed by atoms with Crippen LogP contribution in [-0.4, -0.2) is 17.8 Å². The standard InChI is InChI=1S/C7H6N2O2/c10-5-9(6-11)7-2-1-3-8-4-7/h1-6H. The van der Waals surface area contributed by atoms with Gasteiger partial charge in [-0.3, -0.25) is 19.5 Å². The van der Waals surface area contributed by atoms with Crippen LogP contribution >= 0.6 is 0 Å². The number of carbonyl (C=O) groups excluding carboxylic acids is 2. The van der Waals surface area contributed by atoms with Gasteiger partial charge in [-0.25, -0.2) is 0 Å². The number of amides is 2. The van der Waals surface area contributed by atoms with Gasteiger partial charge in [0.25, 0.3) is 0 Å². The van der Waals surface area contributed by atoms with Gasteiger partial charge in [0, 0.05) is 6.20 Å². The van der Waals surface area contributed by atoms with Crippen molar-refractivity contribution >= 4 is 18.5 Å². The predicted octanol–water partition coefficient (Wildman–Crippen LogP) is 0.201. The molecule has 0 aliphatic carbocycles. The minimum Gasteiger partial charge on any atom is -0.278 e. The van der Waals surface area contributed by atoms with E-state index in [1.54, 1.807) is 18.3 Å². The maximum Gasteiger partial charge on any atom is 0.220 e. The van der Waals surface area contributed by atoms with E-state index in [4.69, 9.17) is 0 Å². The van der Waals surface area contributed by atoms with Crippen molar-refractivity contribution in [3.63, 3.8) is 0 Å². The normalized spacial score (nSPS) is 8.73. The number of hydrogen-bond acceptors (Lipinski definition) is 3. The quantitative estimate of drug-likeness (QED) is 0.578. The lowest BCUT2D eigenvalue weighted by Crippen LogP contribution is -2.17. The Labute approximate surface area is 63.5 Å². The molecule has 0 unspecified atom stereocenters. The van der Waals surface area contributed by atoms with Gasteiger partial charge < -0.3 is 0 Å². The highest BCUT2D eigenvalue weighted by Gasteiger charge is 2.00. The van der Waals surface area contributed by atoms with Gasteiger partial charge in [-0.05, 0) is 12.1 Å². The lowest BCUT2D eigenvalue weighted by atomic mass is 10.4. The predicted molar refractivity (Wildman–Crippen MR) is 38.8 cm³/mol. The molecule has 1 rings (SSSR count). The highest BCUT2D eigenvalue weighted by molar-refractivity contribution is 5.94. The summed E-state index contributed by atoms with van der Waals surface area (Å²) in [5, 5.41) is 0. The van der Waals surface area contributed by atoms with Crippen LogP contribution in [0.4, 0.5) is 5.69 Å². The Balaban J connectivity index is 2.90. The van der Waals surface area contributed by atoms with Crippen molar-refractivity contribution in [3.05, 3.63) is 24.5 Å². The number of carbonyl (C=O) groups is 2. The van der Waals surface area contributed by atoms with Crippen molar-refractivity contribution in [2.24, 2.45) is 0 Å². The minimum atomic E-state index is 0.435. The topological polar surface area (TPSA) is 50.3 Å². The second-order valence-electron chi connectivity index (χ2n) is 1.83. The highest BCUT2D eigenvalue weighted by Crippen LogP contribution is 2.06. The Morgan fingerprint density at radius 2 is 2.09 bits per heavy atom. The molecule has 0 spiro atoms. The van der Waals surface area contributed by atoms with E-state index in [1.165, 1.54) is 6.20 Å². The zero-order valence-electron chi connectivity index (χ0n) is 5.68. The Hall–Kier alpha value is -1.71. The van der Waals surface area contributed by atoms with Gasteiger partial charge in [0.1, 0.15) is 0 Å². The Kier molecular flexibility index (Phi) is 2.32. The summed E-state index contributed by atoms with van der Waals surface area (Å²) in [6.45, 7) is 0. The van der Waals surface area contributed by atoms with Crippen LogP contribution in [0.25, 0.3) is 0 Å². The molecule has 4 nitrogen and oxygen atoms in total. The molecule has 1 aromatic rings. The summed E-state index contributed by atoms with van der Waals surface area (Å²) in [5.74, 6) is 0. The third-order valence-corrected chi connectivity index (χ3v) is 1.17. The van der Waals surface area contributed by atoms with Gasteiger partial charge in [0.15, 0.2) is 0 Å². The second-order valence-corrected chi connectivity index (χ2v) is 1.83. The SMILES string of the molecule is O=CN(C=O)c1cccnc1. The first-order valence-corrected chi connectivity index (χ1v) is 2.97. The van der Waals surface area contributed by atoms with Crippen LogP contribution in [0.1, 0.15) is 0 Å². The van der Waals surface area contributed by atoms with Crippen molar-refractivity contribution in [3.8, 4) is 0 Å². The van der Waals surface area contributed by atoms with Gasteiger partial charge in [0.05, 0.1) is 11.9 Å². The molecular formula is C7H6N2O2. The molecule has 56 valence electrons. The van der Waals surface area contributed by atoms with Crippen molar-refractivity contribution < 1.29 is 9.59 Å². The third kappa shape index (κ3) is 1.61. The molecule has 4 heteroatoms. The molecule has 0 aliphatic heterocycles. The van der Waals surface area contributed by atoms with Crippen LogP contribution in [0.3, 0.4) is 0 Å². The lowest BCUT2D eigenvalue weighted by molar-refractivity contribution is -0.113. The molecule has 0 aromatic carbocycles. The van der Waals surface area contributed by atoms with Crippen molar-refractivity contribution in [2.45, 2.75) is 0 Å². The summed E-state index contributed by atoms with van der Waals surface area (Å²) in [7, 11) is 0. The van der Waals surface area contributed by atoms with Gasteiger partial charge in [0.2, 0.25) is 12.8 Å². The Morgan fingerprint density at radius 3 is 2.55 bits per heavy atom. The third-order valence-electron chi connectivity index (χ3n) is 1.17. The molecule has 0 bridgehead atoms. The van der Waals surface area contributed by atoms with E-state index in [1.807, 2.05) is 0 Å². The molecule has 2 amide bonds. The van der Waals surface area contributed by atoms with E-state index >= 15 is 0 Å². The fourth-order valence-electron chi connectivity index (χ4n) is 0.653. The molecule has 1 aromatic heterocycles. The van der Waals surface area contributed by atoms with E-state index in [9.17, 15) is 9.59 Å². The summed E-state index contributed by atoms with van der Waals surface area (Å²) in [4.78, 5) is 25.1. The highest BCUT2D eigenvalue weighted by atomic mass is 16.2. The number of rotatable bonds is 3. The number of hydrogen-bond donors (Lipinski definition) is 0. The van der Waals surface area contributed by atoms with Crippen molar-refractivity contribution in [1.29, 1.82) is 0 Å². The maximum atomic E-state index is 10.2. The average molecular weight is 150 g/mol. The first-order valence-electron chi connectivity index (χ1n) is 2.97. The molecule has 0 radical (unpaired) electrons. The van der Waals surface area contributed by atoms with Crippen LogP contribution in [0, 0.1) is 0 Å². The van der Waals surface area contributed by atoms with E-state index < -0.39 is 0 Å². The molecule has 11 heavy (non-hydrogen) atoms. The largest absolute Gasteiger partial charge is 0.278 e. The van der Waals surface area contributed by atoms with E-state index in [-0.39, 0.29) is 0 Å². The molecular weight excluding hydrogens is 144 g/mol. The van der Waals surface area contributed by atoms with Crippen LogP contribution < -0.4 is 4.90 Å². The molecule has 1 heterocycles. The molecule has 0 saturated carbocycles.